The van der Waals surface area contributed by atoms with E-state index in [9.17, 15) is 4.79 Å². The van der Waals surface area contributed by atoms with Gasteiger partial charge in [0.15, 0.2) is 6.29 Å². The number of ether oxygens (including phenoxy) is 3. The predicted molar refractivity (Wildman–Crippen MR) is 132 cm³/mol. The minimum atomic E-state index is -1.13. The Kier molecular flexibility index (Phi) is 7.33. The van der Waals surface area contributed by atoms with Crippen molar-refractivity contribution in [2.24, 2.45) is 5.92 Å². The van der Waals surface area contributed by atoms with Crippen molar-refractivity contribution in [3.63, 3.8) is 0 Å². The molecule has 0 bridgehead atoms. The molecule has 180 valence electrons. The van der Waals surface area contributed by atoms with Crippen molar-refractivity contribution in [1.29, 1.82) is 0 Å². The number of hydrogen-bond acceptors (Lipinski definition) is 6. The topological polar surface area (TPSA) is 80.4 Å². The van der Waals surface area contributed by atoms with Gasteiger partial charge in [0.1, 0.15) is 12.4 Å². The zero-order chi connectivity index (χ0) is 23.6. The first-order valence-electron chi connectivity index (χ1n) is 11.8. The lowest BCUT2D eigenvalue weighted by Gasteiger charge is -2.33. The van der Waals surface area contributed by atoms with Crippen LogP contribution in [0.4, 0.5) is 0 Å². The molecule has 1 aliphatic carbocycles. The second kappa shape index (κ2) is 10.0. The molecular weight excluding hydrogens is 436 g/mol. The molecule has 8 nitrogen and oxygen atoms in total. The summed E-state index contributed by atoms with van der Waals surface area (Å²) >= 11 is 0. The lowest BCUT2D eigenvalue weighted by Crippen LogP contribution is -2.30. The molecule has 4 rings (SSSR count). The van der Waals surface area contributed by atoms with Gasteiger partial charge in [-0.05, 0) is 37.8 Å². The summed E-state index contributed by atoms with van der Waals surface area (Å²) in [5.74, 6) is 0.380. The molecule has 0 unspecified atom stereocenters. The summed E-state index contributed by atoms with van der Waals surface area (Å²) in [6, 6.07) is 3.44. The molecule has 0 spiro atoms. The van der Waals surface area contributed by atoms with E-state index in [1.54, 1.807) is 26.7 Å². The molecule has 0 radical (unpaired) electrons. The molecule has 0 N–H and O–H groups in total. The monoisotopic (exact) mass is 472 g/mol. The highest BCUT2D eigenvalue weighted by Gasteiger charge is 2.29. The molecule has 3 aromatic heterocycles. The third-order valence-corrected chi connectivity index (χ3v) is 8.46. The van der Waals surface area contributed by atoms with Crippen LogP contribution in [0.25, 0.3) is 21.9 Å². The summed E-state index contributed by atoms with van der Waals surface area (Å²) in [5.41, 5.74) is 1.52. The Morgan fingerprint density at radius 1 is 1.09 bits per heavy atom. The van der Waals surface area contributed by atoms with E-state index in [2.05, 4.69) is 34.2 Å². The maximum Gasteiger partial charge on any atom is 0.282 e. The Labute approximate surface area is 195 Å². The summed E-state index contributed by atoms with van der Waals surface area (Å²) in [6.07, 6.45) is 9.19. The maximum atomic E-state index is 12.6. The molecule has 0 aliphatic heterocycles. The Balaban J connectivity index is 1.61. The molecule has 1 fully saturated rings. The predicted octanol–water partition coefficient (Wildman–Crippen LogP) is 4.41. The van der Waals surface area contributed by atoms with E-state index in [0.717, 1.165) is 54.9 Å². The van der Waals surface area contributed by atoms with Gasteiger partial charge in [-0.3, -0.25) is 4.79 Å². The Morgan fingerprint density at radius 3 is 2.48 bits per heavy atom. The van der Waals surface area contributed by atoms with Crippen molar-refractivity contribution in [3.05, 3.63) is 35.1 Å². The lowest BCUT2D eigenvalue weighted by atomic mass is 9.85. The number of hydrogen-bond donors (Lipinski definition) is 0. The number of methoxy groups -OCH3 is 2. The first kappa shape index (κ1) is 24.1. The fourth-order valence-corrected chi connectivity index (χ4v) is 5.61. The van der Waals surface area contributed by atoms with Crippen LogP contribution in [0.2, 0.25) is 25.7 Å². The van der Waals surface area contributed by atoms with Crippen LogP contribution < -0.4 is 5.56 Å². The van der Waals surface area contributed by atoms with Crippen LogP contribution in [0.15, 0.2) is 29.6 Å². The van der Waals surface area contributed by atoms with E-state index in [1.165, 1.54) is 0 Å². The first-order valence-corrected chi connectivity index (χ1v) is 15.5. The molecular formula is C24H36N4O4Si. The van der Waals surface area contributed by atoms with Gasteiger partial charge in [0.05, 0.1) is 17.2 Å². The molecule has 33 heavy (non-hydrogen) atoms. The minimum absolute atomic E-state index is 0.166. The van der Waals surface area contributed by atoms with Crippen LogP contribution in [-0.2, 0) is 20.9 Å². The van der Waals surface area contributed by atoms with Crippen LogP contribution in [-0.4, -0.2) is 54.3 Å². The average molecular weight is 473 g/mol. The van der Waals surface area contributed by atoms with Crippen LogP contribution in [0.1, 0.15) is 31.7 Å². The fourth-order valence-electron chi connectivity index (χ4n) is 4.86. The van der Waals surface area contributed by atoms with Crippen molar-refractivity contribution in [2.75, 3.05) is 20.8 Å². The van der Waals surface area contributed by atoms with Gasteiger partial charge in [0.25, 0.3) is 5.56 Å². The molecule has 3 heterocycles. The Hall–Kier alpha value is -2.07. The summed E-state index contributed by atoms with van der Waals surface area (Å²) in [6.45, 7) is 8.26. The van der Waals surface area contributed by atoms with Crippen molar-refractivity contribution >= 4 is 30.0 Å². The number of aromatic nitrogens is 4. The lowest BCUT2D eigenvalue weighted by molar-refractivity contribution is -0.145. The van der Waals surface area contributed by atoms with Gasteiger partial charge in [0.2, 0.25) is 0 Å². The van der Waals surface area contributed by atoms with Crippen molar-refractivity contribution in [2.45, 2.75) is 70.4 Å². The molecule has 0 saturated heterocycles. The summed E-state index contributed by atoms with van der Waals surface area (Å²) in [4.78, 5) is 21.3. The highest BCUT2D eigenvalue weighted by atomic mass is 28.3. The summed E-state index contributed by atoms with van der Waals surface area (Å²) in [5, 5.41) is 1.53. The van der Waals surface area contributed by atoms with Gasteiger partial charge >= 0.3 is 0 Å². The molecule has 1 saturated carbocycles. The number of rotatable bonds is 9. The van der Waals surface area contributed by atoms with Crippen LogP contribution in [0.3, 0.4) is 0 Å². The zero-order valence-corrected chi connectivity index (χ0v) is 21.4. The van der Waals surface area contributed by atoms with Gasteiger partial charge in [0, 0.05) is 58.6 Å². The number of pyridine rings is 1. The highest BCUT2D eigenvalue weighted by Crippen LogP contribution is 2.37. The smallest absolute Gasteiger partial charge is 0.282 e. The Morgan fingerprint density at radius 2 is 1.82 bits per heavy atom. The summed E-state index contributed by atoms with van der Waals surface area (Å²) < 4.78 is 21.1. The van der Waals surface area contributed by atoms with Crippen molar-refractivity contribution in [1.82, 2.24) is 19.1 Å². The number of nitrogens with zero attached hydrogens (tertiary/aromatic N) is 4. The van der Waals surface area contributed by atoms with E-state index >= 15 is 0 Å². The normalized spacial score (nSPS) is 19.7. The number of fused-ring (bicyclic) bond motifs is 3. The quantitative estimate of drug-likeness (QED) is 0.261. The third kappa shape index (κ3) is 5.21. The van der Waals surface area contributed by atoms with Gasteiger partial charge in [-0.1, -0.05) is 19.6 Å². The fraction of sp³-hybridized carbons (Fsp3) is 0.625. The first-order chi connectivity index (χ1) is 15.8. The molecule has 0 aromatic carbocycles. The summed E-state index contributed by atoms with van der Waals surface area (Å²) in [7, 11) is 2.26. The van der Waals surface area contributed by atoms with Crippen molar-refractivity contribution < 1.29 is 14.2 Å². The van der Waals surface area contributed by atoms with Crippen LogP contribution >= 0.6 is 0 Å². The van der Waals surface area contributed by atoms with Crippen molar-refractivity contribution in [3.8, 4) is 0 Å². The van der Waals surface area contributed by atoms with E-state index in [4.69, 9.17) is 14.2 Å². The molecule has 0 atom stereocenters. The highest BCUT2D eigenvalue weighted by molar-refractivity contribution is 6.76. The largest absolute Gasteiger partial charge is 0.361 e. The molecule has 1 aliphatic rings. The van der Waals surface area contributed by atoms with E-state index < -0.39 is 8.07 Å². The molecule has 0 amide bonds. The maximum absolute atomic E-state index is 12.6. The van der Waals surface area contributed by atoms with Crippen LogP contribution in [0, 0.1) is 5.92 Å². The third-order valence-electron chi connectivity index (χ3n) is 6.76. The van der Waals surface area contributed by atoms with Gasteiger partial charge < -0.3 is 23.3 Å². The second-order valence-electron chi connectivity index (χ2n) is 10.3. The van der Waals surface area contributed by atoms with E-state index in [-0.39, 0.29) is 17.9 Å². The van der Waals surface area contributed by atoms with Gasteiger partial charge in [-0.25, -0.2) is 4.98 Å². The Bertz CT molecular complexity index is 1140. The SMILES string of the molecule is COC(OC)C1CCC(n2cnc(=O)c3cnc4c(ccn4COCC[Si](C)(C)C)c32)CC1. The molecule has 3 aromatic rings. The zero-order valence-electron chi connectivity index (χ0n) is 20.4. The minimum Gasteiger partial charge on any atom is -0.361 e. The average Bonchev–Trinajstić information content (AvgIpc) is 3.21. The second-order valence-corrected chi connectivity index (χ2v) is 15.9. The van der Waals surface area contributed by atoms with E-state index in [0.29, 0.717) is 18.0 Å². The van der Waals surface area contributed by atoms with E-state index in [1.807, 2.05) is 16.8 Å². The standard InChI is InChI=1S/C24H36N4O4Si/c1-30-24(31-2)17-6-8-18(9-7-17)28-15-26-23(29)20-14-25-22-19(21(20)28)10-11-27(22)16-32-12-13-33(3,4)5/h10-11,14-15,17-18,24H,6-9,12-13,16H2,1-5H3. The van der Waals surface area contributed by atoms with Gasteiger partial charge in [-0.2, -0.15) is 4.98 Å². The van der Waals surface area contributed by atoms with Gasteiger partial charge in [-0.15, -0.1) is 0 Å². The van der Waals surface area contributed by atoms with Crippen LogP contribution in [0.5, 0.6) is 0 Å². The molecule has 9 heteroatoms.